The summed E-state index contributed by atoms with van der Waals surface area (Å²) in [6.45, 7) is 3.69. The minimum Gasteiger partial charge on any atom is -0.304 e. The summed E-state index contributed by atoms with van der Waals surface area (Å²) in [5, 5.41) is 13.2. The van der Waals surface area contributed by atoms with E-state index in [1.165, 1.54) is 0 Å². The van der Waals surface area contributed by atoms with Crippen LogP contribution < -0.4 is 5.19 Å². The number of benzene rings is 3. The SMILES string of the molecule is C[Si](C)(C(=O)[C@H](c1ccccc1)[C@@H](C[N+](=O)[O-])c1cccc(Cl)c1)c1ccccc1. The van der Waals surface area contributed by atoms with Crippen molar-refractivity contribution in [2.75, 3.05) is 6.54 Å². The van der Waals surface area contributed by atoms with Crippen molar-refractivity contribution in [3.05, 3.63) is 111 Å². The summed E-state index contributed by atoms with van der Waals surface area (Å²) < 4.78 is 0. The number of halogens is 1. The third-order valence-electron chi connectivity index (χ3n) is 5.58. The van der Waals surface area contributed by atoms with Crippen LogP contribution in [0, 0.1) is 10.1 Å². The van der Waals surface area contributed by atoms with Crippen LogP contribution in [-0.2, 0) is 4.79 Å². The molecule has 0 spiro atoms. The van der Waals surface area contributed by atoms with Gasteiger partial charge in [-0.1, -0.05) is 103 Å². The number of rotatable bonds is 8. The van der Waals surface area contributed by atoms with Crippen LogP contribution in [0.2, 0.25) is 18.1 Å². The average molecular weight is 438 g/mol. The minimum absolute atomic E-state index is 0.0757. The zero-order valence-electron chi connectivity index (χ0n) is 17.0. The van der Waals surface area contributed by atoms with Crippen LogP contribution in [0.3, 0.4) is 0 Å². The first-order valence-corrected chi connectivity index (χ1v) is 13.2. The van der Waals surface area contributed by atoms with Gasteiger partial charge in [-0.25, -0.2) is 0 Å². The summed E-state index contributed by atoms with van der Waals surface area (Å²) in [7, 11) is -2.58. The standard InChI is InChI=1S/C24H24ClNO3Si/c1-30(2,21-14-7-4-8-15-21)24(27)23(18-10-5-3-6-11-18)22(17-26(28)29)19-12-9-13-20(25)16-19/h3-16,22-23H,17H2,1-2H3/t22-,23+/m0/s1. The van der Waals surface area contributed by atoms with E-state index >= 15 is 0 Å². The number of hydrogen-bond acceptors (Lipinski definition) is 3. The van der Waals surface area contributed by atoms with Gasteiger partial charge in [0, 0.05) is 9.95 Å². The maximum absolute atomic E-state index is 14.1. The number of hydrogen-bond donors (Lipinski definition) is 0. The lowest BCUT2D eigenvalue weighted by Crippen LogP contribution is -2.53. The summed E-state index contributed by atoms with van der Waals surface area (Å²) in [6.07, 6.45) is 0. The highest BCUT2D eigenvalue weighted by atomic mass is 35.5. The molecular formula is C24H24ClNO3Si. The van der Waals surface area contributed by atoms with Gasteiger partial charge in [-0.2, -0.15) is 0 Å². The molecular weight excluding hydrogens is 414 g/mol. The number of nitrogens with zero attached hydrogens (tertiary/aromatic N) is 1. The summed E-state index contributed by atoms with van der Waals surface area (Å²) in [4.78, 5) is 25.3. The normalized spacial score (nSPS) is 13.4. The molecule has 0 N–H and O–H groups in total. The van der Waals surface area contributed by atoms with E-state index in [9.17, 15) is 14.9 Å². The zero-order chi connectivity index (χ0) is 21.7. The lowest BCUT2D eigenvalue weighted by molar-refractivity contribution is -0.483. The second-order valence-corrected chi connectivity index (χ2v) is 12.7. The molecule has 0 heterocycles. The predicted molar refractivity (Wildman–Crippen MR) is 124 cm³/mol. The zero-order valence-corrected chi connectivity index (χ0v) is 18.8. The highest BCUT2D eigenvalue weighted by Crippen LogP contribution is 2.37. The average Bonchev–Trinajstić information content (AvgIpc) is 2.74. The fraction of sp³-hybridized carbons (Fsp3) is 0.208. The molecule has 0 amide bonds. The monoisotopic (exact) mass is 437 g/mol. The molecule has 0 bridgehead atoms. The molecule has 6 heteroatoms. The van der Waals surface area contributed by atoms with Crippen molar-refractivity contribution in [1.82, 2.24) is 0 Å². The van der Waals surface area contributed by atoms with Gasteiger partial charge in [0.2, 0.25) is 6.54 Å². The van der Waals surface area contributed by atoms with Crippen molar-refractivity contribution < 1.29 is 9.72 Å². The van der Waals surface area contributed by atoms with Gasteiger partial charge < -0.3 is 4.79 Å². The lowest BCUT2D eigenvalue weighted by Gasteiger charge is -2.31. The molecule has 0 unspecified atom stereocenters. The molecule has 3 aromatic rings. The van der Waals surface area contributed by atoms with Crippen LogP contribution in [0.5, 0.6) is 0 Å². The second kappa shape index (κ2) is 9.37. The first-order valence-electron chi connectivity index (χ1n) is 9.82. The molecule has 0 aliphatic heterocycles. The number of carbonyl (C=O) groups is 1. The fourth-order valence-electron chi connectivity index (χ4n) is 3.91. The molecule has 0 aliphatic carbocycles. The first kappa shape index (κ1) is 21.9. The maximum atomic E-state index is 14.1. The Bertz CT molecular complexity index is 1020. The molecule has 3 rings (SSSR count). The quantitative estimate of drug-likeness (QED) is 0.276. The molecule has 0 radical (unpaired) electrons. The molecule has 3 aromatic carbocycles. The number of nitro groups is 1. The molecule has 154 valence electrons. The summed E-state index contributed by atoms with van der Waals surface area (Å²) in [5.41, 5.74) is 1.50. The second-order valence-electron chi connectivity index (χ2n) is 7.92. The smallest absolute Gasteiger partial charge is 0.211 e. The lowest BCUT2D eigenvalue weighted by atomic mass is 9.82. The van der Waals surface area contributed by atoms with Crippen LogP contribution in [-0.4, -0.2) is 24.9 Å². The minimum atomic E-state index is -2.58. The molecule has 0 saturated heterocycles. The molecule has 2 atom stereocenters. The van der Waals surface area contributed by atoms with Crippen LogP contribution in [0.1, 0.15) is 23.0 Å². The van der Waals surface area contributed by atoms with Gasteiger partial charge in [0.1, 0.15) is 5.41 Å². The van der Waals surface area contributed by atoms with Gasteiger partial charge in [-0.05, 0) is 23.3 Å². The highest BCUT2D eigenvalue weighted by molar-refractivity contribution is 7.13. The van der Waals surface area contributed by atoms with Crippen LogP contribution in [0.25, 0.3) is 0 Å². The Labute approximate surface area is 182 Å². The Morgan fingerprint density at radius 1 is 0.933 bits per heavy atom. The van der Waals surface area contributed by atoms with Crippen LogP contribution in [0.4, 0.5) is 0 Å². The fourth-order valence-corrected chi connectivity index (χ4v) is 6.57. The van der Waals surface area contributed by atoms with Gasteiger partial charge in [0.15, 0.2) is 8.07 Å². The molecule has 0 aromatic heterocycles. The van der Waals surface area contributed by atoms with Gasteiger partial charge in [0.25, 0.3) is 0 Å². The van der Waals surface area contributed by atoms with Crippen molar-refractivity contribution in [2.45, 2.75) is 24.9 Å². The van der Waals surface area contributed by atoms with E-state index < -0.39 is 19.9 Å². The van der Waals surface area contributed by atoms with Gasteiger partial charge in [-0.15, -0.1) is 0 Å². The highest BCUT2D eigenvalue weighted by Gasteiger charge is 2.43. The summed E-state index contributed by atoms with van der Waals surface area (Å²) in [6, 6.07) is 26.2. The van der Waals surface area contributed by atoms with Crippen molar-refractivity contribution in [2.24, 2.45) is 0 Å². The Balaban J connectivity index is 2.16. The molecule has 0 saturated carbocycles. The van der Waals surface area contributed by atoms with E-state index in [0.717, 1.165) is 10.8 Å². The van der Waals surface area contributed by atoms with Gasteiger partial charge >= 0.3 is 0 Å². The first-order chi connectivity index (χ1) is 14.3. The van der Waals surface area contributed by atoms with E-state index in [4.69, 9.17) is 11.6 Å². The van der Waals surface area contributed by atoms with Crippen LogP contribution in [0.15, 0.2) is 84.9 Å². The van der Waals surface area contributed by atoms with Crippen molar-refractivity contribution in [3.63, 3.8) is 0 Å². The third-order valence-corrected chi connectivity index (χ3v) is 9.13. The number of carbonyl (C=O) groups excluding carboxylic acids is 1. The van der Waals surface area contributed by atoms with Crippen molar-refractivity contribution in [3.8, 4) is 0 Å². The van der Waals surface area contributed by atoms with E-state index in [2.05, 4.69) is 0 Å². The maximum Gasteiger partial charge on any atom is 0.211 e. The van der Waals surface area contributed by atoms with Crippen molar-refractivity contribution in [1.29, 1.82) is 0 Å². The van der Waals surface area contributed by atoms with Crippen LogP contribution >= 0.6 is 11.6 Å². The Morgan fingerprint density at radius 3 is 2.07 bits per heavy atom. The van der Waals surface area contributed by atoms with E-state index in [1.807, 2.05) is 79.8 Å². The summed E-state index contributed by atoms with van der Waals surface area (Å²) in [5.74, 6) is -1.24. The van der Waals surface area contributed by atoms with Gasteiger partial charge in [-0.3, -0.25) is 10.1 Å². The predicted octanol–water partition coefficient (Wildman–Crippen LogP) is 5.21. The molecule has 4 nitrogen and oxygen atoms in total. The Morgan fingerprint density at radius 2 is 1.50 bits per heavy atom. The molecule has 0 fully saturated rings. The largest absolute Gasteiger partial charge is 0.304 e. The van der Waals surface area contributed by atoms with E-state index in [1.54, 1.807) is 18.2 Å². The Hall–Kier alpha value is -2.76. The topological polar surface area (TPSA) is 60.2 Å². The third kappa shape index (κ3) is 4.86. The van der Waals surface area contributed by atoms with Crippen molar-refractivity contribution >= 4 is 30.3 Å². The van der Waals surface area contributed by atoms with Gasteiger partial charge in [0.05, 0.1) is 11.8 Å². The molecule has 0 aliphatic rings. The summed E-state index contributed by atoms with van der Waals surface area (Å²) >= 11 is 6.20. The van der Waals surface area contributed by atoms with E-state index in [-0.39, 0.29) is 16.9 Å². The van der Waals surface area contributed by atoms with E-state index in [0.29, 0.717) is 10.6 Å². The molecule has 30 heavy (non-hydrogen) atoms. The Kier molecular flexibility index (Phi) is 6.85.